The molecule has 2 atom stereocenters. The highest BCUT2D eigenvalue weighted by Gasteiger charge is 2.47. The van der Waals surface area contributed by atoms with Crippen molar-refractivity contribution in [3.63, 3.8) is 0 Å². The number of fused-ring (bicyclic) bond motifs is 1. The van der Waals surface area contributed by atoms with Crippen molar-refractivity contribution in [3.05, 3.63) is 16.1 Å². The van der Waals surface area contributed by atoms with Crippen LogP contribution in [0.15, 0.2) is 5.38 Å². The number of carbonyl (C=O) groups is 2. The number of rotatable bonds is 4. The quantitative estimate of drug-likeness (QED) is 0.848. The average Bonchev–Trinajstić information content (AvgIpc) is 2.92. The molecular formula is C16H21N3O2S. The maximum absolute atomic E-state index is 12.6. The molecule has 3 fully saturated rings. The van der Waals surface area contributed by atoms with Crippen molar-refractivity contribution in [2.75, 3.05) is 19.6 Å². The van der Waals surface area contributed by atoms with Crippen LogP contribution < -0.4 is 0 Å². The molecule has 2 saturated heterocycles. The molecule has 0 aromatic carbocycles. The van der Waals surface area contributed by atoms with E-state index < -0.39 is 0 Å². The molecule has 3 aliphatic rings. The third-order valence-electron chi connectivity index (χ3n) is 5.06. The molecule has 2 amide bonds. The number of likely N-dealkylation sites (tertiary alicyclic amines) is 2. The molecule has 1 aromatic heterocycles. The maximum atomic E-state index is 12.6. The zero-order valence-corrected chi connectivity index (χ0v) is 13.6. The van der Waals surface area contributed by atoms with E-state index in [1.165, 1.54) is 12.8 Å². The summed E-state index contributed by atoms with van der Waals surface area (Å²) in [7, 11) is 0. The molecule has 1 saturated carbocycles. The molecule has 0 spiro atoms. The van der Waals surface area contributed by atoms with Gasteiger partial charge >= 0.3 is 0 Å². The molecule has 1 aromatic rings. The molecular weight excluding hydrogens is 298 g/mol. The Morgan fingerprint density at radius 3 is 2.82 bits per heavy atom. The van der Waals surface area contributed by atoms with Gasteiger partial charge in [0.05, 0.1) is 23.2 Å². The highest BCUT2D eigenvalue weighted by Crippen LogP contribution is 2.36. The summed E-state index contributed by atoms with van der Waals surface area (Å²) >= 11 is 1.62. The van der Waals surface area contributed by atoms with Gasteiger partial charge in [-0.2, -0.15) is 0 Å². The Morgan fingerprint density at radius 2 is 2.18 bits per heavy atom. The predicted octanol–water partition coefficient (Wildman–Crippen LogP) is 1.67. The Kier molecular flexibility index (Phi) is 3.44. The molecule has 6 heteroatoms. The fourth-order valence-corrected chi connectivity index (χ4v) is 4.27. The van der Waals surface area contributed by atoms with E-state index in [1.54, 1.807) is 11.3 Å². The molecule has 0 bridgehead atoms. The van der Waals surface area contributed by atoms with E-state index >= 15 is 0 Å². The van der Waals surface area contributed by atoms with Gasteiger partial charge in [0.1, 0.15) is 0 Å². The van der Waals surface area contributed by atoms with E-state index in [9.17, 15) is 9.59 Å². The summed E-state index contributed by atoms with van der Waals surface area (Å²) in [5, 5.41) is 3.07. The molecule has 0 N–H and O–H groups in total. The van der Waals surface area contributed by atoms with Crippen molar-refractivity contribution in [1.82, 2.24) is 14.8 Å². The summed E-state index contributed by atoms with van der Waals surface area (Å²) in [5.74, 6) is 1.41. The number of aryl methyl sites for hydroxylation is 1. The molecule has 1 aliphatic carbocycles. The normalized spacial score (nSPS) is 27.6. The summed E-state index contributed by atoms with van der Waals surface area (Å²) in [6.07, 6.45) is 3.09. The second-order valence-corrected chi connectivity index (χ2v) is 7.95. The Bertz CT molecular complexity index is 610. The second-order valence-electron chi connectivity index (χ2n) is 6.89. The lowest BCUT2D eigenvalue weighted by Crippen LogP contribution is -2.35. The second kappa shape index (κ2) is 5.33. The van der Waals surface area contributed by atoms with Crippen molar-refractivity contribution < 1.29 is 9.59 Å². The minimum Gasteiger partial charge on any atom is -0.342 e. The zero-order chi connectivity index (χ0) is 15.3. The van der Waals surface area contributed by atoms with Gasteiger partial charge in [0, 0.05) is 37.4 Å². The Labute approximate surface area is 134 Å². The van der Waals surface area contributed by atoms with Crippen LogP contribution >= 0.6 is 11.3 Å². The summed E-state index contributed by atoms with van der Waals surface area (Å²) in [4.78, 5) is 33.1. The first-order chi connectivity index (χ1) is 10.6. The Hall–Kier alpha value is -1.43. The first kappa shape index (κ1) is 14.2. The minimum atomic E-state index is 0.0166. The van der Waals surface area contributed by atoms with Gasteiger partial charge in [-0.05, 0) is 25.7 Å². The van der Waals surface area contributed by atoms with Crippen LogP contribution in [-0.4, -0.2) is 46.2 Å². The highest BCUT2D eigenvalue weighted by atomic mass is 32.1. The van der Waals surface area contributed by atoms with Crippen molar-refractivity contribution in [2.45, 2.75) is 32.7 Å². The highest BCUT2D eigenvalue weighted by molar-refractivity contribution is 7.09. The molecule has 4 rings (SSSR count). The lowest BCUT2D eigenvalue weighted by Gasteiger charge is -2.21. The van der Waals surface area contributed by atoms with Gasteiger partial charge in [-0.25, -0.2) is 4.98 Å². The van der Waals surface area contributed by atoms with E-state index in [-0.39, 0.29) is 17.7 Å². The summed E-state index contributed by atoms with van der Waals surface area (Å²) in [6.45, 7) is 4.76. The first-order valence-electron chi connectivity index (χ1n) is 8.07. The van der Waals surface area contributed by atoms with Gasteiger partial charge in [-0.1, -0.05) is 0 Å². The zero-order valence-electron chi connectivity index (χ0n) is 12.8. The predicted molar refractivity (Wildman–Crippen MR) is 83.2 cm³/mol. The van der Waals surface area contributed by atoms with E-state index in [2.05, 4.69) is 4.98 Å². The van der Waals surface area contributed by atoms with Gasteiger partial charge in [0.2, 0.25) is 11.8 Å². The largest absolute Gasteiger partial charge is 0.342 e. The first-order valence-corrected chi connectivity index (χ1v) is 8.95. The smallest absolute Gasteiger partial charge is 0.228 e. The number of nitrogens with zero attached hydrogens (tertiary/aromatic N) is 3. The summed E-state index contributed by atoms with van der Waals surface area (Å²) < 4.78 is 0. The van der Waals surface area contributed by atoms with Crippen LogP contribution in [0, 0.1) is 24.7 Å². The van der Waals surface area contributed by atoms with Gasteiger partial charge in [-0.15, -0.1) is 11.3 Å². The molecule has 22 heavy (non-hydrogen) atoms. The third kappa shape index (κ3) is 2.64. The number of amides is 2. The van der Waals surface area contributed by atoms with Gasteiger partial charge in [0.15, 0.2) is 0 Å². The number of carbonyl (C=O) groups excluding carboxylic acids is 2. The lowest BCUT2D eigenvalue weighted by molar-refractivity contribution is -0.133. The monoisotopic (exact) mass is 319 g/mol. The Balaban J connectivity index is 1.36. The van der Waals surface area contributed by atoms with Crippen molar-refractivity contribution in [2.24, 2.45) is 17.8 Å². The van der Waals surface area contributed by atoms with Crippen LogP contribution in [0.3, 0.4) is 0 Å². The summed E-state index contributed by atoms with van der Waals surface area (Å²) in [5.41, 5.74) is 0.984. The summed E-state index contributed by atoms with van der Waals surface area (Å²) in [6, 6.07) is 0. The van der Waals surface area contributed by atoms with E-state index in [0.717, 1.165) is 23.8 Å². The molecule has 2 aliphatic heterocycles. The SMILES string of the molecule is Cc1nc(CN2C[C@@H]3CN(C(=O)CC4CC4)C[C@@H]3C2=O)cs1. The van der Waals surface area contributed by atoms with Crippen molar-refractivity contribution in [3.8, 4) is 0 Å². The standard InChI is InChI=1S/C16H21N3O2S/c1-10-17-13(9-22-10)7-19-6-12-5-18(8-14(12)16(19)21)15(20)4-11-2-3-11/h9,11-12,14H,2-8H2,1H3/t12-,14-/m0/s1. The maximum Gasteiger partial charge on any atom is 0.228 e. The van der Waals surface area contributed by atoms with Crippen LogP contribution in [0.1, 0.15) is 30.0 Å². The van der Waals surface area contributed by atoms with Crippen LogP contribution in [0.5, 0.6) is 0 Å². The number of hydrogen-bond donors (Lipinski definition) is 0. The van der Waals surface area contributed by atoms with E-state index in [4.69, 9.17) is 0 Å². The number of thiazole rings is 1. The number of aromatic nitrogens is 1. The fourth-order valence-electron chi connectivity index (χ4n) is 3.66. The molecule has 118 valence electrons. The minimum absolute atomic E-state index is 0.0166. The van der Waals surface area contributed by atoms with Gasteiger partial charge < -0.3 is 9.80 Å². The Morgan fingerprint density at radius 1 is 1.36 bits per heavy atom. The van der Waals surface area contributed by atoms with E-state index in [1.807, 2.05) is 22.1 Å². The van der Waals surface area contributed by atoms with Crippen molar-refractivity contribution >= 4 is 23.2 Å². The molecule has 0 radical (unpaired) electrons. The van der Waals surface area contributed by atoms with Gasteiger partial charge in [0.25, 0.3) is 0 Å². The average molecular weight is 319 g/mol. The van der Waals surface area contributed by atoms with Crippen LogP contribution in [0.4, 0.5) is 0 Å². The topological polar surface area (TPSA) is 53.5 Å². The molecule has 3 heterocycles. The van der Waals surface area contributed by atoms with Crippen molar-refractivity contribution in [1.29, 1.82) is 0 Å². The third-order valence-corrected chi connectivity index (χ3v) is 5.88. The fraction of sp³-hybridized carbons (Fsp3) is 0.688. The van der Waals surface area contributed by atoms with Crippen LogP contribution in [-0.2, 0) is 16.1 Å². The number of hydrogen-bond acceptors (Lipinski definition) is 4. The van der Waals surface area contributed by atoms with Crippen LogP contribution in [0.25, 0.3) is 0 Å². The molecule has 5 nitrogen and oxygen atoms in total. The lowest BCUT2D eigenvalue weighted by atomic mass is 10.0. The van der Waals surface area contributed by atoms with E-state index in [0.29, 0.717) is 31.3 Å². The van der Waals surface area contributed by atoms with Crippen LogP contribution in [0.2, 0.25) is 0 Å². The molecule has 0 unspecified atom stereocenters. The van der Waals surface area contributed by atoms with Gasteiger partial charge in [-0.3, -0.25) is 9.59 Å².